The lowest BCUT2D eigenvalue weighted by molar-refractivity contribution is -0.142. The van der Waals surface area contributed by atoms with Gasteiger partial charge in [0, 0.05) is 6.42 Å². The summed E-state index contributed by atoms with van der Waals surface area (Å²) < 4.78 is 17.9. The second-order valence-corrected chi connectivity index (χ2v) is 4.48. The molecule has 0 heterocycles. The van der Waals surface area contributed by atoms with E-state index in [0.29, 0.717) is 0 Å². The number of carbonyl (C=O) groups excluding carboxylic acids is 2. The Hall–Kier alpha value is -2.15. The number of aliphatic carboxylic acids is 1. The summed E-state index contributed by atoms with van der Waals surface area (Å²) in [6.07, 6.45) is -0.376. The number of rotatable bonds is 6. The van der Waals surface area contributed by atoms with Crippen molar-refractivity contribution < 1.29 is 28.6 Å². The Morgan fingerprint density at radius 2 is 2.10 bits per heavy atom. The molecule has 0 saturated carbocycles. The first-order valence-electron chi connectivity index (χ1n) is 5.91. The van der Waals surface area contributed by atoms with Crippen LogP contribution in [0.15, 0.2) is 18.2 Å². The smallest absolute Gasteiger partial charge is 0.326 e. The molecule has 1 rings (SSSR count). The maximum absolute atomic E-state index is 13.6. The number of halogens is 2. The number of esters is 1. The topological polar surface area (TPSA) is 92.7 Å². The highest BCUT2D eigenvalue weighted by atomic mass is 35.5. The number of ether oxygens (including phenoxy) is 1. The number of hydrogen-bond acceptors (Lipinski definition) is 4. The van der Waals surface area contributed by atoms with Crippen LogP contribution in [0.25, 0.3) is 0 Å². The van der Waals surface area contributed by atoms with Gasteiger partial charge in [0.2, 0.25) is 0 Å². The van der Waals surface area contributed by atoms with Gasteiger partial charge in [0.25, 0.3) is 5.91 Å². The summed E-state index contributed by atoms with van der Waals surface area (Å²) in [5.74, 6) is -3.79. The predicted octanol–water partition coefficient (Wildman–Crippen LogP) is 1.62. The van der Waals surface area contributed by atoms with E-state index in [4.69, 9.17) is 16.7 Å². The Labute approximate surface area is 124 Å². The van der Waals surface area contributed by atoms with Crippen LogP contribution < -0.4 is 5.32 Å². The molecule has 0 fully saturated rings. The summed E-state index contributed by atoms with van der Waals surface area (Å²) >= 11 is 5.72. The first-order chi connectivity index (χ1) is 9.86. The quantitative estimate of drug-likeness (QED) is 0.778. The molecule has 8 heteroatoms. The molecule has 21 heavy (non-hydrogen) atoms. The molecule has 1 atom stereocenters. The highest BCUT2D eigenvalue weighted by Crippen LogP contribution is 2.19. The van der Waals surface area contributed by atoms with Gasteiger partial charge in [0.15, 0.2) is 0 Å². The number of carbonyl (C=O) groups is 3. The second-order valence-electron chi connectivity index (χ2n) is 4.08. The van der Waals surface area contributed by atoms with E-state index < -0.39 is 35.3 Å². The van der Waals surface area contributed by atoms with E-state index in [0.717, 1.165) is 13.2 Å². The molecule has 0 aliphatic carbocycles. The van der Waals surface area contributed by atoms with Crippen molar-refractivity contribution in [3.05, 3.63) is 34.6 Å². The number of carboxylic acid groups (broad SMARTS) is 1. The molecule has 1 amide bonds. The fourth-order valence-electron chi connectivity index (χ4n) is 1.57. The summed E-state index contributed by atoms with van der Waals surface area (Å²) in [6.45, 7) is 0. The van der Waals surface area contributed by atoms with Crippen LogP contribution in [0.1, 0.15) is 23.2 Å². The van der Waals surface area contributed by atoms with Gasteiger partial charge >= 0.3 is 11.9 Å². The molecule has 114 valence electrons. The van der Waals surface area contributed by atoms with E-state index in [1.807, 2.05) is 0 Å². The average Bonchev–Trinajstić information content (AvgIpc) is 2.42. The lowest BCUT2D eigenvalue weighted by Crippen LogP contribution is -2.41. The fraction of sp³-hybridized carbons (Fsp3) is 0.308. The van der Waals surface area contributed by atoms with Gasteiger partial charge in [-0.05, 0) is 18.6 Å². The molecule has 1 aromatic rings. The number of methoxy groups -OCH3 is 1. The standard InChI is InChI=1S/C13H13ClFNO5/c1-21-10(17)6-5-9(13(19)20)16-12(18)11-7(14)3-2-4-8(11)15/h2-4,9H,5-6H2,1H3,(H,16,18)(H,19,20)/t9-/m1/s1. The number of carboxylic acids is 1. The summed E-state index contributed by atoms with van der Waals surface area (Å²) in [4.78, 5) is 33.9. The zero-order chi connectivity index (χ0) is 16.0. The van der Waals surface area contributed by atoms with Gasteiger partial charge in [-0.1, -0.05) is 17.7 Å². The van der Waals surface area contributed by atoms with E-state index in [2.05, 4.69) is 10.1 Å². The molecular weight excluding hydrogens is 305 g/mol. The predicted molar refractivity (Wildman–Crippen MR) is 71.6 cm³/mol. The normalized spacial score (nSPS) is 11.6. The van der Waals surface area contributed by atoms with Gasteiger partial charge in [-0.3, -0.25) is 9.59 Å². The highest BCUT2D eigenvalue weighted by molar-refractivity contribution is 6.33. The monoisotopic (exact) mass is 317 g/mol. The fourth-order valence-corrected chi connectivity index (χ4v) is 1.82. The van der Waals surface area contributed by atoms with Gasteiger partial charge in [0.05, 0.1) is 17.7 Å². The van der Waals surface area contributed by atoms with Crippen LogP contribution >= 0.6 is 11.6 Å². The van der Waals surface area contributed by atoms with Crippen molar-refractivity contribution in [3.63, 3.8) is 0 Å². The highest BCUT2D eigenvalue weighted by Gasteiger charge is 2.24. The lowest BCUT2D eigenvalue weighted by atomic mass is 10.1. The first-order valence-corrected chi connectivity index (χ1v) is 6.29. The molecule has 0 aliphatic rings. The average molecular weight is 318 g/mol. The minimum absolute atomic E-state index is 0.135. The molecule has 0 spiro atoms. The Balaban J connectivity index is 2.82. The van der Waals surface area contributed by atoms with Crippen molar-refractivity contribution in [1.82, 2.24) is 5.32 Å². The van der Waals surface area contributed by atoms with Crippen molar-refractivity contribution in [2.75, 3.05) is 7.11 Å². The molecule has 0 aromatic heterocycles. The summed E-state index contributed by atoms with van der Waals surface area (Å²) in [5, 5.41) is 11.0. The van der Waals surface area contributed by atoms with Crippen LogP contribution in [-0.4, -0.2) is 36.1 Å². The number of hydrogen-bond donors (Lipinski definition) is 2. The van der Waals surface area contributed by atoms with Crippen molar-refractivity contribution in [3.8, 4) is 0 Å². The van der Waals surface area contributed by atoms with Crippen molar-refractivity contribution in [1.29, 1.82) is 0 Å². The Morgan fingerprint density at radius 3 is 2.62 bits per heavy atom. The zero-order valence-corrected chi connectivity index (χ0v) is 11.8. The van der Waals surface area contributed by atoms with Gasteiger partial charge in [-0.15, -0.1) is 0 Å². The van der Waals surface area contributed by atoms with Gasteiger partial charge in [-0.2, -0.15) is 0 Å². The Bertz CT molecular complexity index is 543. The SMILES string of the molecule is COC(=O)CC[C@@H](NC(=O)c1c(F)cccc1Cl)C(=O)O. The van der Waals surface area contributed by atoms with E-state index in [9.17, 15) is 18.8 Å². The van der Waals surface area contributed by atoms with Crippen LogP contribution in [0.4, 0.5) is 4.39 Å². The minimum Gasteiger partial charge on any atom is -0.480 e. The van der Waals surface area contributed by atoms with E-state index in [1.165, 1.54) is 12.1 Å². The summed E-state index contributed by atoms with van der Waals surface area (Å²) in [5.41, 5.74) is -0.441. The largest absolute Gasteiger partial charge is 0.480 e. The summed E-state index contributed by atoms with van der Waals surface area (Å²) in [6, 6.07) is 2.31. The third-order valence-electron chi connectivity index (χ3n) is 2.66. The molecule has 0 unspecified atom stereocenters. The van der Waals surface area contributed by atoms with Crippen LogP contribution in [0.3, 0.4) is 0 Å². The van der Waals surface area contributed by atoms with E-state index in [1.54, 1.807) is 0 Å². The van der Waals surface area contributed by atoms with Gasteiger partial charge in [0.1, 0.15) is 11.9 Å². The molecule has 1 aromatic carbocycles. The summed E-state index contributed by atoms with van der Waals surface area (Å²) in [7, 11) is 1.16. The van der Waals surface area contributed by atoms with Crippen molar-refractivity contribution in [2.24, 2.45) is 0 Å². The molecule has 2 N–H and O–H groups in total. The molecule has 0 saturated heterocycles. The minimum atomic E-state index is -1.35. The number of amides is 1. The molecule has 0 aliphatic heterocycles. The zero-order valence-electron chi connectivity index (χ0n) is 11.1. The van der Waals surface area contributed by atoms with Crippen LogP contribution in [0.5, 0.6) is 0 Å². The van der Waals surface area contributed by atoms with E-state index in [-0.39, 0.29) is 17.9 Å². The van der Waals surface area contributed by atoms with Crippen LogP contribution in [0, 0.1) is 5.82 Å². The number of benzene rings is 1. The van der Waals surface area contributed by atoms with Gasteiger partial charge < -0.3 is 15.2 Å². The Morgan fingerprint density at radius 1 is 1.43 bits per heavy atom. The maximum atomic E-state index is 13.6. The Kier molecular flexibility index (Phi) is 6.10. The first kappa shape index (κ1) is 16.9. The molecule has 6 nitrogen and oxygen atoms in total. The van der Waals surface area contributed by atoms with Crippen molar-refractivity contribution >= 4 is 29.4 Å². The van der Waals surface area contributed by atoms with Crippen LogP contribution in [-0.2, 0) is 14.3 Å². The molecular formula is C13H13ClFNO5. The maximum Gasteiger partial charge on any atom is 0.326 e. The van der Waals surface area contributed by atoms with Gasteiger partial charge in [-0.25, -0.2) is 9.18 Å². The molecule has 0 bridgehead atoms. The number of nitrogens with one attached hydrogen (secondary N) is 1. The molecule has 0 radical (unpaired) electrons. The third kappa shape index (κ3) is 4.71. The van der Waals surface area contributed by atoms with Crippen LogP contribution in [0.2, 0.25) is 5.02 Å². The third-order valence-corrected chi connectivity index (χ3v) is 2.97. The van der Waals surface area contributed by atoms with Crippen molar-refractivity contribution in [2.45, 2.75) is 18.9 Å². The second kappa shape index (κ2) is 7.58. The lowest BCUT2D eigenvalue weighted by Gasteiger charge is -2.14. The van der Waals surface area contributed by atoms with E-state index >= 15 is 0 Å².